The predicted octanol–water partition coefficient (Wildman–Crippen LogP) is 2.26. The fourth-order valence-corrected chi connectivity index (χ4v) is 3.30. The molecule has 0 aliphatic carbocycles. The molecule has 2 amide bonds. The van der Waals surface area contributed by atoms with E-state index >= 15 is 0 Å². The predicted molar refractivity (Wildman–Crippen MR) is 95.9 cm³/mol. The third-order valence-electron chi connectivity index (χ3n) is 3.83. The van der Waals surface area contributed by atoms with Crippen molar-refractivity contribution < 1.29 is 22.4 Å². The molecule has 0 aromatic heterocycles. The Morgan fingerprint density at radius 3 is 2.46 bits per heavy atom. The molecule has 0 spiro atoms. The summed E-state index contributed by atoms with van der Waals surface area (Å²) in [6, 6.07) is 9.99. The van der Waals surface area contributed by atoms with E-state index < -0.39 is 27.7 Å². The molecule has 1 aliphatic heterocycles. The molecule has 3 N–H and O–H groups in total. The van der Waals surface area contributed by atoms with Crippen LogP contribution in [-0.2, 0) is 19.6 Å². The minimum Gasteiger partial charge on any atom is -0.326 e. The third-order valence-corrected chi connectivity index (χ3v) is 4.43. The van der Waals surface area contributed by atoms with E-state index in [0.29, 0.717) is 16.9 Å². The van der Waals surface area contributed by atoms with Gasteiger partial charge in [0, 0.05) is 23.5 Å². The van der Waals surface area contributed by atoms with Gasteiger partial charge < -0.3 is 10.6 Å². The fourth-order valence-electron chi connectivity index (χ4n) is 2.74. The van der Waals surface area contributed by atoms with Gasteiger partial charge >= 0.3 is 0 Å². The van der Waals surface area contributed by atoms with Crippen molar-refractivity contribution in [3.05, 3.63) is 53.8 Å². The number of carbonyl (C=O) groups excluding carboxylic acids is 2. The van der Waals surface area contributed by atoms with Crippen LogP contribution in [0.3, 0.4) is 0 Å². The Labute approximate surface area is 149 Å². The topological polar surface area (TPSA) is 104 Å². The van der Waals surface area contributed by atoms with E-state index in [1.807, 2.05) is 0 Å². The molecule has 9 heteroatoms. The van der Waals surface area contributed by atoms with Crippen LogP contribution in [0, 0.1) is 5.82 Å². The highest BCUT2D eigenvalue weighted by atomic mass is 32.2. The Balaban J connectivity index is 1.77. The first kappa shape index (κ1) is 17.9. The first-order valence-electron chi connectivity index (χ1n) is 7.69. The molecule has 3 rings (SSSR count). The second kappa shape index (κ2) is 6.75. The molecule has 0 fully saturated rings. The summed E-state index contributed by atoms with van der Waals surface area (Å²) in [5.74, 6) is -2.01. The smallest absolute Gasteiger partial charge is 0.232 e. The standard InChI is InChI=1S/C17H16FN3O4S/c1-26(24,25)21-12-5-3-11(4-6-12)19-17(23)14-9-16(22)20-15-8-10(18)2-7-13(14)15/h2-8,14,21H,9H2,1H3,(H,19,23)(H,20,22)/t14-/m0/s1. The maximum Gasteiger partial charge on any atom is 0.232 e. The molecule has 0 saturated carbocycles. The third kappa shape index (κ3) is 4.17. The number of halogens is 1. The van der Waals surface area contributed by atoms with Crippen molar-refractivity contribution >= 4 is 38.9 Å². The number of rotatable bonds is 4. The first-order chi connectivity index (χ1) is 12.2. The van der Waals surface area contributed by atoms with Crippen LogP contribution in [0.5, 0.6) is 0 Å². The van der Waals surface area contributed by atoms with Gasteiger partial charge in [0.1, 0.15) is 5.82 Å². The Bertz CT molecular complexity index is 974. The van der Waals surface area contributed by atoms with Gasteiger partial charge in [-0.1, -0.05) is 6.07 Å². The molecule has 0 unspecified atom stereocenters. The summed E-state index contributed by atoms with van der Waals surface area (Å²) in [7, 11) is -3.39. The van der Waals surface area contributed by atoms with E-state index in [4.69, 9.17) is 0 Å². The maximum atomic E-state index is 13.4. The van der Waals surface area contributed by atoms with E-state index in [0.717, 1.165) is 6.26 Å². The van der Waals surface area contributed by atoms with Crippen molar-refractivity contribution in [3.63, 3.8) is 0 Å². The summed E-state index contributed by atoms with van der Waals surface area (Å²) < 4.78 is 38.1. The molecule has 0 saturated heterocycles. The summed E-state index contributed by atoms with van der Waals surface area (Å²) >= 11 is 0. The zero-order valence-corrected chi connectivity index (χ0v) is 14.6. The van der Waals surface area contributed by atoms with Crippen molar-refractivity contribution in [1.29, 1.82) is 0 Å². The van der Waals surface area contributed by atoms with E-state index in [1.54, 1.807) is 12.1 Å². The van der Waals surface area contributed by atoms with Gasteiger partial charge in [-0.15, -0.1) is 0 Å². The van der Waals surface area contributed by atoms with Gasteiger partial charge in [0.15, 0.2) is 0 Å². The SMILES string of the molecule is CS(=O)(=O)Nc1ccc(NC(=O)[C@H]2CC(=O)Nc3cc(F)ccc32)cc1. The quantitative estimate of drug-likeness (QED) is 0.760. The summed E-state index contributed by atoms with van der Waals surface area (Å²) in [6.07, 6.45) is 0.995. The van der Waals surface area contributed by atoms with Crippen LogP contribution in [0.15, 0.2) is 42.5 Å². The molecule has 26 heavy (non-hydrogen) atoms. The van der Waals surface area contributed by atoms with Crippen molar-refractivity contribution in [2.45, 2.75) is 12.3 Å². The molecule has 7 nitrogen and oxygen atoms in total. The van der Waals surface area contributed by atoms with Crippen LogP contribution in [-0.4, -0.2) is 26.5 Å². The van der Waals surface area contributed by atoms with Crippen LogP contribution in [0.25, 0.3) is 0 Å². The number of sulfonamides is 1. The molecule has 1 aliphatic rings. The second-order valence-corrected chi connectivity index (χ2v) is 7.73. The monoisotopic (exact) mass is 377 g/mol. The summed E-state index contributed by atoms with van der Waals surface area (Å²) in [6.45, 7) is 0. The summed E-state index contributed by atoms with van der Waals surface area (Å²) in [5, 5.41) is 5.24. The van der Waals surface area contributed by atoms with E-state index in [-0.39, 0.29) is 18.0 Å². The molecular formula is C17H16FN3O4S. The highest BCUT2D eigenvalue weighted by Gasteiger charge is 2.31. The van der Waals surface area contributed by atoms with Crippen LogP contribution in [0.1, 0.15) is 17.9 Å². The summed E-state index contributed by atoms with van der Waals surface area (Å²) in [4.78, 5) is 24.4. The average Bonchev–Trinajstić information content (AvgIpc) is 2.54. The lowest BCUT2D eigenvalue weighted by Gasteiger charge is -2.25. The van der Waals surface area contributed by atoms with E-state index in [9.17, 15) is 22.4 Å². The molecular weight excluding hydrogens is 361 g/mol. The number of anilines is 3. The highest BCUT2D eigenvalue weighted by Crippen LogP contribution is 2.33. The lowest BCUT2D eigenvalue weighted by molar-refractivity contribution is -0.123. The number of benzene rings is 2. The van der Waals surface area contributed by atoms with Gasteiger partial charge in [-0.05, 0) is 42.0 Å². The van der Waals surface area contributed by atoms with E-state index in [2.05, 4.69) is 15.4 Å². The van der Waals surface area contributed by atoms with E-state index in [1.165, 1.54) is 30.3 Å². The van der Waals surface area contributed by atoms with Crippen LogP contribution < -0.4 is 15.4 Å². The van der Waals surface area contributed by atoms with Crippen molar-refractivity contribution in [2.24, 2.45) is 0 Å². The Kier molecular flexibility index (Phi) is 4.64. The molecule has 0 radical (unpaired) electrons. The number of carbonyl (C=O) groups is 2. The largest absolute Gasteiger partial charge is 0.326 e. The minimum absolute atomic E-state index is 0.0435. The highest BCUT2D eigenvalue weighted by molar-refractivity contribution is 7.92. The van der Waals surface area contributed by atoms with Gasteiger partial charge in [-0.3, -0.25) is 14.3 Å². The van der Waals surface area contributed by atoms with Crippen molar-refractivity contribution in [1.82, 2.24) is 0 Å². The summed E-state index contributed by atoms with van der Waals surface area (Å²) in [5.41, 5.74) is 1.64. The maximum absolute atomic E-state index is 13.4. The van der Waals surface area contributed by atoms with Gasteiger partial charge in [0.05, 0.1) is 12.2 Å². The van der Waals surface area contributed by atoms with Crippen LogP contribution >= 0.6 is 0 Å². The molecule has 2 aromatic rings. The van der Waals surface area contributed by atoms with Gasteiger partial charge in [0.25, 0.3) is 0 Å². The zero-order chi connectivity index (χ0) is 18.9. The second-order valence-electron chi connectivity index (χ2n) is 5.98. The average molecular weight is 377 g/mol. The number of amides is 2. The van der Waals surface area contributed by atoms with Crippen molar-refractivity contribution in [2.75, 3.05) is 21.6 Å². The number of hydrogen-bond acceptors (Lipinski definition) is 4. The Morgan fingerprint density at radius 2 is 1.81 bits per heavy atom. The Morgan fingerprint density at radius 1 is 1.15 bits per heavy atom. The van der Waals surface area contributed by atoms with Gasteiger partial charge in [0.2, 0.25) is 21.8 Å². The first-order valence-corrected chi connectivity index (χ1v) is 9.58. The van der Waals surface area contributed by atoms with Gasteiger partial charge in [-0.2, -0.15) is 0 Å². The molecule has 136 valence electrons. The number of nitrogens with one attached hydrogen (secondary N) is 3. The normalized spacial score (nSPS) is 16.4. The number of fused-ring (bicyclic) bond motifs is 1. The Hall–Kier alpha value is -2.94. The molecule has 1 heterocycles. The van der Waals surface area contributed by atoms with Gasteiger partial charge in [-0.25, -0.2) is 12.8 Å². The fraction of sp³-hybridized carbons (Fsp3) is 0.176. The van der Waals surface area contributed by atoms with Crippen molar-refractivity contribution in [3.8, 4) is 0 Å². The molecule has 1 atom stereocenters. The molecule has 2 aromatic carbocycles. The number of hydrogen-bond donors (Lipinski definition) is 3. The van der Waals surface area contributed by atoms with Crippen LogP contribution in [0.4, 0.5) is 21.5 Å². The van der Waals surface area contributed by atoms with Crippen LogP contribution in [0.2, 0.25) is 0 Å². The lowest BCUT2D eigenvalue weighted by atomic mass is 9.89. The minimum atomic E-state index is -3.39. The zero-order valence-electron chi connectivity index (χ0n) is 13.7. The molecule has 0 bridgehead atoms. The lowest BCUT2D eigenvalue weighted by Crippen LogP contribution is -2.30.